The summed E-state index contributed by atoms with van der Waals surface area (Å²) in [7, 11) is 0. The first-order chi connectivity index (χ1) is 10.2. The lowest BCUT2D eigenvalue weighted by molar-refractivity contribution is -0.139. The quantitative estimate of drug-likeness (QED) is 0.885. The first-order valence-electron chi connectivity index (χ1n) is 7.86. The summed E-state index contributed by atoms with van der Waals surface area (Å²) in [6.07, 6.45) is 5.33. The number of nitrogens with one attached hydrogen (secondary N) is 1. The van der Waals surface area contributed by atoms with E-state index in [0.717, 1.165) is 37.0 Å². The molecule has 1 atom stereocenters. The van der Waals surface area contributed by atoms with E-state index in [1.807, 2.05) is 24.3 Å². The van der Waals surface area contributed by atoms with Gasteiger partial charge in [0, 0.05) is 26.0 Å². The Hall–Kier alpha value is -1.39. The summed E-state index contributed by atoms with van der Waals surface area (Å²) < 4.78 is 5.65. The van der Waals surface area contributed by atoms with E-state index in [0.29, 0.717) is 19.4 Å². The van der Waals surface area contributed by atoms with Gasteiger partial charge < -0.3 is 15.2 Å². The molecule has 1 aliphatic carbocycles. The normalized spacial score (nSPS) is 23.6. The monoisotopic (exact) mass is 289 g/mol. The molecule has 0 bridgehead atoms. The molecule has 1 amide bonds. The fourth-order valence-electron chi connectivity index (χ4n) is 3.30. The van der Waals surface area contributed by atoms with E-state index in [1.165, 1.54) is 6.42 Å². The third kappa shape index (κ3) is 3.27. The molecule has 4 heteroatoms. The largest absolute Gasteiger partial charge is 0.379 e. The Balaban J connectivity index is 1.49. The van der Waals surface area contributed by atoms with Gasteiger partial charge >= 0.3 is 0 Å². The van der Waals surface area contributed by atoms with Gasteiger partial charge in [-0.05, 0) is 36.8 Å². The molecule has 4 nitrogen and oxygen atoms in total. The number of carbonyl (C=O) groups is 1. The van der Waals surface area contributed by atoms with Crippen molar-refractivity contribution < 1.29 is 14.6 Å². The Morgan fingerprint density at radius 1 is 1.29 bits per heavy atom. The summed E-state index contributed by atoms with van der Waals surface area (Å²) in [5.41, 5.74) is 0.869. The van der Waals surface area contributed by atoms with E-state index < -0.39 is 5.60 Å². The molecule has 3 rings (SSSR count). The SMILES string of the molecule is O=C(NCCC1CCCCO1)C1(O)Cc2ccccc2C1. The Morgan fingerprint density at radius 3 is 2.62 bits per heavy atom. The van der Waals surface area contributed by atoms with Crippen molar-refractivity contribution in [2.24, 2.45) is 0 Å². The number of rotatable bonds is 4. The third-order valence-corrected chi connectivity index (χ3v) is 4.53. The van der Waals surface area contributed by atoms with Crippen molar-refractivity contribution in [3.8, 4) is 0 Å². The highest BCUT2D eigenvalue weighted by molar-refractivity contribution is 5.86. The van der Waals surface area contributed by atoms with Crippen LogP contribution >= 0.6 is 0 Å². The lowest BCUT2D eigenvalue weighted by atomic mass is 9.99. The van der Waals surface area contributed by atoms with Gasteiger partial charge in [-0.3, -0.25) is 4.79 Å². The van der Waals surface area contributed by atoms with Crippen LogP contribution in [0, 0.1) is 0 Å². The smallest absolute Gasteiger partial charge is 0.252 e. The number of hydrogen-bond acceptors (Lipinski definition) is 3. The van der Waals surface area contributed by atoms with Crippen molar-refractivity contribution in [2.75, 3.05) is 13.2 Å². The summed E-state index contributed by atoms with van der Waals surface area (Å²) in [6, 6.07) is 7.86. The van der Waals surface area contributed by atoms with Crippen LogP contribution in [0.1, 0.15) is 36.8 Å². The molecule has 1 saturated heterocycles. The first kappa shape index (κ1) is 14.5. The molecule has 1 aromatic rings. The van der Waals surface area contributed by atoms with Crippen molar-refractivity contribution in [1.82, 2.24) is 5.32 Å². The van der Waals surface area contributed by atoms with Crippen molar-refractivity contribution in [3.63, 3.8) is 0 Å². The maximum absolute atomic E-state index is 12.3. The van der Waals surface area contributed by atoms with E-state index in [1.54, 1.807) is 0 Å². The first-order valence-corrected chi connectivity index (χ1v) is 7.86. The van der Waals surface area contributed by atoms with Gasteiger partial charge in [-0.2, -0.15) is 0 Å². The number of hydrogen-bond donors (Lipinski definition) is 2. The summed E-state index contributed by atoms with van der Waals surface area (Å²) in [5, 5.41) is 13.5. The van der Waals surface area contributed by atoms with Gasteiger partial charge in [0.2, 0.25) is 0 Å². The molecule has 1 aromatic carbocycles. The predicted molar refractivity (Wildman–Crippen MR) is 80.0 cm³/mol. The molecule has 1 heterocycles. The number of carbonyl (C=O) groups excluding carboxylic acids is 1. The second-order valence-corrected chi connectivity index (χ2v) is 6.19. The molecule has 1 unspecified atom stereocenters. The highest BCUT2D eigenvalue weighted by Crippen LogP contribution is 2.30. The van der Waals surface area contributed by atoms with Gasteiger partial charge in [0.25, 0.3) is 5.91 Å². The van der Waals surface area contributed by atoms with E-state index in [2.05, 4.69) is 5.32 Å². The number of aliphatic hydroxyl groups is 1. The highest BCUT2D eigenvalue weighted by Gasteiger charge is 2.41. The van der Waals surface area contributed by atoms with Gasteiger partial charge in [0.15, 0.2) is 5.60 Å². The zero-order valence-electron chi connectivity index (χ0n) is 12.3. The average Bonchev–Trinajstić information content (AvgIpc) is 2.86. The minimum Gasteiger partial charge on any atom is -0.379 e. The topological polar surface area (TPSA) is 58.6 Å². The van der Waals surface area contributed by atoms with Crippen LogP contribution in [0.15, 0.2) is 24.3 Å². The fourth-order valence-corrected chi connectivity index (χ4v) is 3.30. The summed E-state index contributed by atoms with van der Waals surface area (Å²) in [4.78, 5) is 12.3. The van der Waals surface area contributed by atoms with Crippen LogP contribution in [-0.4, -0.2) is 35.9 Å². The summed E-state index contributed by atoms with van der Waals surface area (Å²) >= 11 is 0. The molecule has 2 aliphatic rings. The molecule has 1 aliphatic heterocycles. The maximum atomic E-state index is 12.3. The van der Waals surface area contributed by atoms with Crippen LogP contribution in [0.2, 0.25) is 0 Å². The van der Waals surface area contributed by atoms with Crippen LogP contribution in [-0.2, 0) is 22.4 Å². The molecule has 21 heavy (non-hydrogen) atoms. The Kier molecular flexibility index (Phi) is 4.27. The van der Waals surface area contributed by atoms with E-state index in [-0.39, 0.29) is 12.0 Å². The molecule has 0 spiro atoms. The summed E-state index contributed by atoms with van der Waals surface area (Å²) in [5.74, 6) is -0.255. The van der Waals surface area contributed by atoms with Gasteiger partial charge in [-0.15, -0.1) is 0 Å². The Labute approximate surface area is 125 Å². The highest BCUT2D eigenvalue weighted by atomic mass is 16.5. The molecule has 0 aromatic heterocycles. The molecular formula is C17H23NO3. The lowest BCUT2D eigenvalue weighted by Crippen LogP contribution is -2.48. The van der Waals surface area contributed by atoms with Crippen LogP contribution in [0.4, 0.5) is 0 Å². The Bertz CT molecular complexity index is 484. The molecule has 0 saturated carbocycles. The van der Waals surface area contributed by atoms with Crippen LogP contribution in [0.5, 0.6) is 0 Å². The Morgan fingerprint density at radius 2 is 2.00 bits per heavy atom. The van der Waals surface area contributed by atoms with Crippen molar-refractivity contribution in [1.29, 1.82) is 0 Å². The minimum atomic E-state index is -1.28. The van der Waals surface area contributed by atoms with Gasteiger partial charge in [-0.25, -0.2) is 0 Å². The number of benzene rings is 1. The molecule has 114 valence electrons. The second-order valence-electron chi connectivity index (χ2n) is 6.19. The van der Waals surface area contributed by atoms with E-state index in [9.17, 15) is 9.90 Å². The molecule has 0 radical (unpaired) electrons. The van der Waals surface area contributed by atoms with Gasteiger partial charge in [0.05, 0.1) is 6.10 Å². The fraction of sp³-hybridized carbons (Fsp3) is 0.588. The standard InChI is InChI=1S/C17H23NO3/c19-16(18-9-8-15-7-3-4-10-21-15)17(20)11-13-5-1-2-6-14(13)12-17/h1-2,5-6,15,20H,3-4,7-12H2,(H,18,19). The zero-order chi connectivity index (χ0) is 14.7. The lowest BCUT2D eigenvalue weighted by Gasteiger charge is -2.24. The summed E-state index contributed by atoms with van der Waals surface area (Å²) in [6.45, 7) is 1.40. The molecule has 1 fully saturated rings. The van der Waals surface area contributed by atoms with Crippen LogP contribution < -0.4 is 5.32 Å². The van der Waals surface area contributed by atoms with Gasteiger partial charge in [-0.1, -0.05) is 24.3 Å². The average molecular weight is 289 g/mol. The number of fused-ring (bicyclic) bond motifs is 1. The second kappa shape index (κ2) is 6.16. The van der Waals surface area contributed by atoms with Crippen LogP contribution in [0.3, 0.4) is 0 Å². The van der Waals surface area contributed by atoms with Crippen LogP contribution in [0.25, 0.3) is 0 Å². The minimum absolute atomic E-state index is 0.255. The number of amides is 1. The predicted octanol–water partition coefficient (Wildman–Crippen LogP) is 1.59. The zero-order valence-corrected chi connectivity index (χ0v) is 12.3. The molecular weight excluding hydrogens is 266 g/mol. The van der Waals surface area contributed by atoms with Crippen molar-refractivity contribution in [2.45, 2.75) is 50.2 Å². The van der Waals surface area contributed by atoms with Crippen molar-refractivity contribution >= 4 is 5.91 Å². The van der Waals surface area contributed by atoms with E-state index >= 15 is 0 Å². The third-order valence-electron chi connectivity index (χ3n) is 4.53. The van der Waals surface area contributed by atoms with E-state index in [4.69, 9.17) is 4.74 Å². The van der Waals surface area contributed by atoms with Gasteiger partial charge in [0.1, 0.15) is 0 Å². The molecule has 2 N–H and O–H groups in total. The number of ether oxygens (including phenoxy) is 1. The van der Waals surface area contributed by atoms with Crippen molar-refractivity contribution in [3.05, 3.63) is 35.4 Å². The maximum Gasteiger partial charge on any atom is 0.252 e.